The molecule has 1 aliphatic rings. The van der Waals surface area contributed by atoms with Crippen LogP contribution in [0.1, 0.15) is 13.8 Å². The van der Waals surface area contributed by atoms with Crippen molar-refractivity contribution in [2.45, 2.75) is 13.8 Å². The molecule has 0 bridgehead atoms. The van der Waals surface area contributed by atoms with Crippen molar-refractivity contribution in [1.29, 1.82) is 0 Å². The van der Waals surface area contributed by atoms with Crippen LogP contribution in [0.25, 0.3) is 22.0 Å². The number of hydrogen-bond acceptors (Lipinski definition) is 6. The van der Waals surface area contributed by atoms with E-state index in [-0.39, 0.29) is 6.03 Å². The Morgan fingerprint density at radius 2 is 1.59 bits per heavy atom. The Morgan fingerprint density at radius 1 is 0.838 bits per heavy atom. The Morgan fingerprint density at radius 3 is 2.35 bits per heavy atom. The van der Waals surface area contributed by atoms with Crippen LogP contribution in [-0.4, -0.2) is 60.5 Å². The van der Waals surface area contributed by atoms with Gasteiger partial charge in [-0.05, 0) is 48.9 Å². The summed E-state index contributed by atoms with van der Waals surface area (Å²) < 4.78 is 11.3. The van der Waals surface area contributed by atoms with Gasteiger partial charge in [0.25, 0.3) is 0 Å². The van der Waals surface area contributed by atoms with E-state index >= 15 is 0 Å². The second-order valence-electron chi connectivity index (χ2n) is 8.74. The third-order valence-corrected chi connectivity index (χ3v) is 6.40. The number of rotatable bonds is 7. The van der Waals surface area contributed by atoms with Crippen molar-refractivity contribution >= 4 is 28.3 Å². The number of amides is 2. The Hall–Kier alpha value is -4.33. The normalized spacial score (nSPS) is 13.5. The van der Waals surface area contributed by atoms with Crippen molar-refractivity contribution in [1.82, 2.24) is 15.1 Å². The topological polar surface area (TPSA) is 79.8 Å². The highest BCUT2D eigenvalue weighted by atomic mass is 16.5. The Kier molecular flexibility index (Phi) is 7.35. The summed E-state index contributed by atoms with van der Waals surface area (Å²) in [6.07, 6.45) is 0. The molecule has 1 aromatic heterocycles. The zero-order valence-electron chi connectivity index (χ0n) is 21.2. The fourth-order valence-corrected chi connectivity index (χ4v) is 4.56. The average Bonchev–Trinajstić information content (AvgIpc) is 2.94. The Balaban J connectivity index is 1.20. The first-order chi connectivity index (χ1) is 18.2. The van der Waals surface area contributed by atoms with Gasteiger partial charge in [-0.1, -0.05) is 42.5 Å². The molecule has 0 spiro atoms. The SMILES string of the molecule is CCOc1ccc(NC(=O)N2CCN(c3ccc(-c4cccc5ccccc45)nn3)CC2)cc1OCC. The van der Waals surface area contributed by atoms with Gasteiger partial charge in [0.15, 0.2) is 17.3 Å². The smallest absolute Gasteiger partial charge is 0.321 e. The number of carbonyl (C=O) groups excluding carboxylic acids is 1. The van der Waals surface area contributed by atoms with Gasteiger partial charge >= 0.3 is 6.03 Å². The minimum Gasteiger partial charge on any atom is -0.490 e. The summed E-state index contributed by atoms with van der Waals surface area (Å²) in [6, 6.07) is 23.8. The van der Waals surface area contributed by atoms with Gasteiger partial charge in [-0.2, -0.15) is 0 Å². The highest BCUT2D eigenvalue weighted by molar-refractivity contribution is 5.95. The number of ether oxygens (including phenoxy) is 2. The van der Waals surface area contributed by atoms with Crippen molar-refractivity contribution in [2.75, 3.05) is 49.6 Å². The molecule has 8 nitrogen and oxygen atoms in total. The molecule has 2 heterocycles. The molecule has 0 radical (unpaired) electrons. The molecule has 0 atom stereocenters. The first kappa shape index (κ1) is 24.4. The lowest BCUT2D eigenvalue weighted by Crippen LogP contribution is -2.50. The summed E-state index contributed by atoms with van der Waals surface area (Å²) in [5, 5.41) is 14.3. The maximum absolute atomic E-state index is 12.9. The van der Waals surface area contributed by atoms with Gasteiger partial charge < -0.3 is 24.6 Å². The van der Waals surface area contributed by atoms with E-state index in [1.807, 2.05) is 61.2 Å². The van der Waals surface area contributed by atoms with Crippen LogP contribution in [-0.2, 0) is 0 Å². The van der Waals surface area contributed by atoms with E-state index in [0.717, 1.165) is 22.5 Å². The van der Waals surface area contributed by atoms with E-state index < -0.39 is 0 Å². The fourth-order valence-electron chi connectivity index (χ4n) is 4.56. The molecule has 190 valence electrons. The molecular weight excluding hydrogens is 466 g/mol. The molecule has 3 aromatic carbocycles. The minimum absolute atomic E-state index is 0.136. The molecule has 1 saturated heterocycles. The van der Waals surface area contributed by atoms with Gasteiger partial charge in [0.1, 0.15) is 0 Å². The second kappa shape index (κ2) is 11.2. The molecule has 1 aliphatic heterocycles. The molecule has 0 aliphatic carbocycles. The van der Waals surface area contributed by atoms with Crippen LogP contribution >= 0.6 is 0 Å². The number of piperazine rings is 1. The van der Waals surface area contributed by atoms with Gasteiger partial charge in [0, 0.05) is 43.5 Å². The van der Waals surface area contributed by atoms with Gasteiger partial charge in [-0.25, -0.2) is 4.79 Å². The second-order valence-corrected chi connectivity index (χ2v) is 8.74. The number of aromatic nitrogens is 2. The van der Waals surface area contributed by atoms with Crippen molar-refractivity contribution < 1.29 is 14.3 Å². The Labute approximate surface area is 216 Å². The summed E-state index contributed by atoms with van der Waals surface area (Å²) in [7, 11) is 0. The highest BCUT2D eigenvalue weighted by Crippen LogP contribution is 2.31. The first-order valence-electron chi connectivity index (χ1n) is 12.7. The highest BCUT2D eigenvalue weighted by Gasteiger charge is 2.23. The molecular formula is C29H31N5O3. The third-order valence-electron chi connectivity index (χ3n) is 6.40. The van der Waals surface area contributed by atoms with E-state index in [2.05, 4.69) is 44.7 Å². The summed E-state index contributed by atoms with van der Waals surface area (Å²) in [6.45, 7) is 7.46. The molecule has 5 rings (SSSR count). The Bertz CT molecular complexity index is 1360. The number of benzene rings is 3. The largest absolute Gasteiger partial charge is 0.490 e. The number of anilines is 2. The molecule has 8 heteroatoms. The first-order valence-corrected chi connectivity index (χ1v) is 12.7. The van der Waals surface area contributed by atoms with Crippen LogP contribution in [0.3, 0.4) is 0 Å². The molecule has 0 saturated carbocycles. The molecule has 1 N–H and O–H groups in total. The summed E-state index contributed by atoms with van der Waals surface area (Å²) in [5.74, 6) is 2.11. The van der Waals surface area contributed by atoms with Crippen LogP contribution in [0.2, 0.25) is 0 Å². The van der Waals surface area contributed by atoms with E-state index in [1.54, 1.807) is 6.07 Å². The zero-order chi connectivity index (χ0) is 25.6. The maximum atomic E-state index is 12.9. The van der Waals surface area contributed by atoms with Gasteiger partial charge in [0.05, 0.1) is 18.9 Å². The van der Waals surface area contributed by atoms with Crippen molar-refractivity contribution in [3.8, 4) is 22.8 Å². The predicted molar refractivity (Wildman–Crippen MR) is 147 cm³/mol. The molecule has 37 heavy (non-hydrogen) atoms. The number of nitrogens with one attached hydrogen (secondary N) is 1. The quantitative estimate of drug-likeness (QED) is 0.366. The molecule has 0 unspecified atom stereocenters. The lowest BCUT2D eigenvalue weighted by Gasteiger charge is -2.35. The van der Waals surface area contributed by atoms with Gasteiger partial charge in [-0.3, -0.25) is 0 Å². The van der Waals surface area contributed by atoms with Crippen molar-refractivity contribution in [3.63, 3.8) is 0 Å². The standard InChI is InChI=1S/C29H31N5O3/c1-3-36-26-14-12-22(20-27(26)37-4-2)30-29(35)34-18-16-33(17-19-34)28-15-13-25(31-32-28)24-11-7-9-21-8-5-6-10-23(21)24/h5-15,20H,3-4,16-19H2,1-2H3,(H,30,35). The van der Waals surface area contributed by atoms with Crippen LogP contribution in [0, 0.1) is 0 Å². The molecule has 1 fully saturated rings. The number of nitrogens with zero attached hydrogens (tertiary/aromatic N) is 4. The lowest BCUT2D eigenvalue weighted by atomic mass is 10.0. The van der Waals surface area contributed by atoms with Crippen molar-refractivity contribution in [3.05, 3.63) is 72.8 Å². The lowest BCUT2D eigenvalue weighted by molar-refractivity contribution is 0.208. The third kappa shape index (κ3) is 5.43. The van der Waals surface area contributed by atoms with Crippen LogP contribution < -0.4 is 19.7 Å². The fraction of sp³-hybridized carbons (Fsp3) is 0.276. The van der Waals surface area contributed by atoms with Crippen molar-refractivity contribution in [2.24, 2.45) is 0 Å². The van der Waals surface area contributed by atoms with Crippen LogP contribution in [0.5, 0.6) is 11.5 Å². The van der Waals surface area contributed by atoms with Crippen LogP contribution in [0.4, 0.5) is 16.3 Å². The number of carbonyl (C=O) groups is 1. The number of hydrogen-bond donors (Lipinski definition) is 1. The summed E-state index contributed by atoms with van der Waals surface area (Å²) in [5.41, 5.74) is 2.59. The maximum Gasteiger partial charge on any atom is 0.321 e. The zero-order valence-corrected chi connectivity index (χ0v) is 21.2. The van der Waals surface area contributed by atoms with Gasteiger partial charge in [-0.15, -0.1) is 10.2 Å². The number of fused-ring (bicyclic) bond motifs is 1. The number of urea groups is 1. The average molecular weight is 498 g/mol. The monoisotopic (exact) mass is 497 g/mol. The van der Waals surface area contributed by atoms with E-state index in [1.165, 1.54) is 5.39 Å². The van der Waals surface area contributed by atoms with Gasteiger partial charge in [0.2, 0.25) is 0 Å². The summed E-state index contributed by atoms with van der Waals surface area (Å²) in [4.78, 5) is 16.9. The van der Waals surface area contributed by atoms with Crippen LogP contribution in [0.15, 0.2) is 72.8 Å². The molecule has 2 amide bonds. The van der Waals surface area contributed by atoms with E-state index in [0.29, 0.717) is 56.6 Å². The molecule has 4 aromatic rings. The van der Waals surface area contributed by atoms with E-state index in [9.17, 15) is 4.79 Å². The van der Waals surface area contributed by atoms with E-state index in [4.69, 9.17) is 9.47 Å². The summed E-state index contributed by atoms with van der Waals surface area (Å²) >= 11 is 0. The predicted octanol–water partition coefficient (Wildman–Crippen LogP) is 5.45. The minimum atomic E-state index is -0.136.